The lowest BCUT2D eigenvalue weighted by atomic mass is 10.1. The Morgan fingerprint density at radius 2 is 2.26 bits per heavy atom. The lowest BCUT2D eigenvalue weighted by Gasteiger charge is -2.22. The van der Waals surface area contributed by atoms with Gasteiger partial charge in [0, 0.05) is 17.9 Å². The fraction of sp³-hybridized carbons (Fsp3) is 0.375. The van der Waals surface area contributed by atoms with Crippen molar-refractivity contribution in [3.05, 3.63) is 35.0 Å². The summed E-state index contributed by atoms with van der Waals surface area (Å²) in [6.07, 6.45) is 0. The van der Waals surface area contributed by atoms with Crippen LogP contribution in [0.3, 0.4) is 0 Å². The number of rotatable bonds is 4. The predicted octanol–water partition coefficient (Wildman–Crippen LogP) is 2.60. The summed E-state index contributed by atoms with van der Waals surface area (Å²) in [5.41, 5.74) is 7.20. The summed E-state index contributed by atoms with van der Waals surface area (Å²) in [6, 6.07) is 7.80. The van der Waals surface area contributed by atoms with Crippen molar-refractivity contribution >= 4 is 29.0 Å². The van der Waals surface area contributed by atoms with Crippen LogP contribution in [0.5, 0.6) is 5.75 Å². The molecule has 3 rings (SSSR count). The van der Waals surface area contributed by atoms with Crippen molar-refractivity contribution in [3.8, 4) is 16.2 Å². The molecule has 23 heavy (non-hydrogen) atoms. The number of nitrogens with two attached hydrogens (primary N) is 1. The molecule has 7 heteroatoms. The lowest BCUT2D eigenvalue weighted by Crippen LogP contribution is -2.41. The Bertz CT molecular complexity index is 717. The Labute approximate surface area is 143 Å². The number of amides is 1. The smallest absolute Gasteiger partial charge is 0.275 e. The van der Waals surface area contributed by atoms with Gasteiger partial charge in [0.2, 0.25) is 0 Å². The number of para-hydroxylation sites is 1. The molecule has 2 heterocycles. The normalized spacial score (nSPS) is 17.5. The lowest BCUT2D eigenvalue weighted by molar-refractivity contribution is 0.0748. The number of aromatic nitrogens is 1. The third kappa shape index (κ3) is 3.08. The molecule has 1 aliphatic rings. The first-order valence-corrected chi connectivity index (χ1v) is 9.32. The van der Waals surface area contributed by atoms with Crippen molar-refractivity contribution in [2.75, 3.05) is 25.3 Å². The highest BCUT2D eigenvalue weighted by Gasteiger charge is 2.32. The first-order valence-electron chi connectivity index (χ1n) is 7.35. The number of benzene rings is 1. The van der Waals surface area contributed by atoms with Gasteiger partial charge in [-0.15, -0.1) is 23.1 Å². The Morgan fingerprint density at radius 3 is 3.00 bits per heavy atom. The molecule has 1 amide bonds. The molecule has 1 aromatic carbocycles. The maximum Gasteiger partial charge on any atom is 0.275 e. The van der Waals surface area contributed by atoms with Gasteiger partial charge < -0.3 is 15.4 Å². The topological polar surface area (TPSA) is 68.5 Å². The molecular formula is C16H19N3O2S2. The van der Waals surface area contributed by atoms with Gasteiger partial charge in [0.05, 0.1) is 28.9 Å². The van der Waals surface area contributed by atoms with Gasteiger partial charge in [0.15, 0.2) is 0 Å². The second-order valence-corrected chi connectivity index (χ2v) is 7.48. The van der Waals surface area contributed by atoms with Crippen LogP contribution in [0.25, 0.3) is 10.4 Å². The first kappa shape index (κ1) is 16.3. The summed E-state index contributed by atoms with van der Waals surface area (Å²) in [4.78, 5) is 20.2. The molecule has 0 saturated carbocycles. The van der Waals surface area contributed by atoms with Gasteiger partial charge in [-0.05, 0) is 19.1 Å². The van der Waals surface area contributed by atoms with Crippen LogP contribution in [-0.2, 0) is 0 Å². The number of carbonyl (C=O) groups is 1. The maximum absolute atomic E-state index is 13.0. The standard InChI is InChI=1S/C16H19N3O2S2/c1-10-18-14(16(20)19-9-22-8-11(19)7-17)15(23-10)12-5-3-4-6-13(12)21-2/h3-6,11H,7-9,17H2,1-2H3/t11-/m1/s1. The van der Waals surface area contributed by atoms with Gasteiger partial charge in [-0.2, -0.15) is 0 Å². The minimum absolute atomic E-state index is 0.0456. The molecule has 1 atom stereocenters. The minimum atomic E-state index is -0.0456. The van der Waals surface area contributed by atoms with E-state index in [9.17, 15) is 4.79 Å². The first-order chi connectivity index (χ1) is 11.2. The molecular weight excluding hydrogens is 330 g/mol. The fourth-order valence-corrected chi connectivity index (χ4v) is 4.78. The Morgan fingerprint density at radius 1 is 1.48 bits per heavy atom. The summed E-state index contributed by atoms with van der Waals surface area (Å²) in [5.74, 6) is 2.25. The predicted molar refractivity (Wildman–Crippen MR) is 95.2 cm³/mol. The fourth-order valence-electron chi connectivity index (χ4n) is 2.63. The summed E-state index contributed by atoms with van der Waals surface area (Å²) >= 11 is 3.25. The molecule has 122 valence electrons. The van der Waals surface area contributed by atoms with E-state index in [2.05, 4.69) is 4.98 Å². The van der Waals surface area contributed by atoms with E-state index in [0.717, 1.165) is 27.0 Å². The van der Waals surface area contributed by atoms with E-state index in [0.29, 0.717) is 18.1 Å². The molecule has 1 fully saturated rings. The van der Waals surface area contributed by atoms with Crippen LogP contribution < -0.4 is 10.5 Å². The van der Waals surface area contributed by atoms with E-state index >= 15 is 0 Å². The quantitative estimate of drug-likeness (QED) is 0.919. The number of hydrogen-bond donors (Lipinski definition) is 1. The van der Waals surface area contributed by atoms with Crippen molar-refractivity contribution in [1.82, 2.24) is 9.88 Å². The SMILES string of the molecule is COc1ccccc1-c1sc(C)nc1C(=O)N1CSC[C@H]1CN. The second kappa shape index (κ2) is 6.90. The number of carbonyl (C=O) groups excluding carboxylic acids is 1. The number of thioether (sulfide) groups is 1. The zero-order valence-electron chi connectivity index (χ0n) is 13.1. The van der Waals surface area contributed by atoms with Gasteiger partial charge >= 0.3 is 0 Å². The third-order valence-electron chi connectivity index (χ3n) is 3.80. The van der Waals surface area contributed by atoms with Crippen LogP contribution in [0.15, 0.2) is 24.3 Å². The van der Waals surface area contributed by atoms with Crippen LogP contribution in [0, 0.1) is 6.92 Å². The Hall–Kier alpha value is -1.57. The van der Waals surface area contributed by atoms with Crippen LogP contribution in [0.4, 0.5) is 0 Å². The molecule has 1 aromatic heterocycles. The van der Waals surface area contributed by atoms with Crippen molar-refractivity contribution in [1.29, 1.82) is 0 Å². The monoisotopic (exact) mass is 349 g/mol. The maximum atomic E-state index is 13.0. The largest absolute Gasteiger partial charge is 0.496 e. The molecule has 0 spiro atoms. The second-order valence-electron chi connectivity index (χ2n) is 5.28. The zero-order valence-corrected chi connectivity index (χ0v) is 14.7. The average molecular weight is 349 g/mol. The van der Waals surface area contributed by atoms with Crippen LogP contribution >= 0.6 is 23.1 Å². The van der Waals surface area contributed by atoms with E-state index in [1.807, 2.05) is 36.1 Å². The molecule has 0 aliphatic carbocycles. The van der Waals surface area contributed by atoms with Crippen LogP contribution in [-0.4, -0.2) is 47.1 Å². The third-order valence-corrected chi connectivity index (χ3v) is 5.89. The van der Waals surface area contributed by atoms with Gasteiger partial charge in [0.1, 0.15) is 11.4 Å². The molecule has 2 aromatic rings. The number of ether oxygens (including phenoxy) is 1. The van der Waals surface area contributed by atoms with Crippen LogP contribution in [0.2, 0.25) is 0 Å². The van der Waals surface area contributed by atoms with E-state index in [-0.39, 0.29) is 11.9 Å². The van der Waals surface area contributed by atoms with Crippen LogP contribution in [0.1, 0.15) is 15.5 Å². The highest BCUT2D eigenvalue weighted by molar-refractivity contribution is 7.99. The summed E-state index contributed by atoms with van der Waals surface area (Å²) in [5, 5.41) is 0.866. The number of nitrogens with zero attached hydrogens (tertiary/aromatic N) is 2. The molecule has 0 radical (unpaired) electrons. The molecule has 2 N–H and O–H groups in total. The molecule has 0 unspecified atom stereocenters. The average Bonchev–Trinajstić information content (AvgIpc) is 3.20. The van der Waals surface area contributed by atoms with Gasteiger partial charge in [-0.25, -0.2) is 4.98 Å². The highest BCUT2D eigenvalue weighted by Crippen LogP contribution is 2.37. The van der Waals surface area contributed by atoms with Gasteiger partial charge in [0.25, 0.3) is 5.91 Å². The summed E-state index contributed by atoms with van der Waals surface area (Å²) < 4.78 is 5.44. The van der Waals surface area contributed by atoms with E-state index < -0.39 is 0 Å². The van der Waals surface area contributed by atoms with Gasteiger partial charge in [-0.3, -0.25) is 4.79 Å². The van der Waals surface area contributed by atoms with Crippen molar-refractivity contribution in [2.24, 2.45) is 5.73 Å². The molecule has 0 bridgehead atoms. The number of thiazole rings is 1. The van der Waals surface area contributed by atoms with Crippen molar-refractivity contribution in [3.63, 3.8) is 0 Å². The van der Waals surface area contributed by atoms with Crippen molar-refractivity contribution < 1.29 is 9.53 Å². The zero-order chi connectivity index (χ0) is 16.4. The number of hydrogen-bond acceptors (Lipinski definition) is 6. The van der Waals surface area contributed by atoms with E-state index in [4.69, 9.17) is 10.5 Å². The molecule has 5 nitrogen and oxygen atoms in total. The summed E-state index contributed by atoms with van der Waals surface area (Å²) in [7, 11) is 1.63. The van der Waals surface area contributed by atoms with E-state index in [1.54, 1.807) is 18.9 Å². The minimum Gasteiger partial charge on any atom is -0.496 e. The number of aryl methyl sites for hydroxylation is 1. The van der Waals surface area contributed by atoms with Crippen molar-refractivity contribution in [2.45, 2.75) is 13.0 Å². The molecule has 1 saturated heterocycles. The Balaban J connectivity index is 2.03. The summed E-state index contributed by atoms with van der Waals surface area (Å²) in [6.45, 7) is 2.39. The highest BCUT2D eigenvalue weighted by atomic mass is 32.2. The Kier molecular flexibility index (Phi) is 4.89. The van der Waals surface area contributed by atoms with E-state index in [1.165, 1.54) is 11.3 Å². The van der Waals surface area contributed by atoms with Gasteiger partial charge in [-0.1, -0.05) is 12.1 Å². The number of methoxy groups -OCH3 is 1. The molecule has 1 aliphatic heterocycles.